The Bertz CT molecular complexity index is 745. The van der Waals surface area contributed by atoms with Gasteiger partial charge >= 0.3 is 6.18 Å². The van der Waals surface area contributed by atoms with E-state index in [1.54, 1.807) is 12.1 Å². The lowest BCUT2D eigenvalue weighted by Gasteiger charge is -2.12. The molecular weight excluding hydrogens is 347 g/mol. The van der Waals surface area contributed by atoms with Gasteiger partial charge in [0.2, 0.25) is 0 Å². The maximum atomic E-state index is 12.6. The summed E-state index contributed by atoms with van der Waals surface area (Å²) in [6.45, 7) is -0.434. The summed E-state index contributed by atoms with van der Waals surface area (Å²) >= 11 is 5.71. The number of nitrogens with one attached hydrogen (secondary N) is 1. The number of carbonyl (C=O) groups is 2. The first kappa shape index (κ1) is 17.8. The van der Waals surface area contributed by atoms with Crippen LogP contribution in [0.25, 0.3) is 0 Å². The topological polar surface area (TPSA) is 55.4 Å². The lowest BCUT2D eigenvalue weighted by Crippen LogP contribution is -2.26. The van der Waals surface area contributed by atoms with Gasteiger partial charge in [0.05, 0.1) is 11.3 Å². The zero-order valence-electron chi connectivity index (χ0n) is 12.1. The lowest BCUT2D eigenvalue weighted by molar-refractivity contribution is -0.118. The number of hydrogen-bond donors (Lipinski definition) is 1. The Morgan fingerprint density at radius 1 is 1.04 bits per heavy atom. The van der Waals surface area contributed by atoms with E-state index in [1.165, 1.54) is 30.3 Å². The quantitative estimate of drug-likeness (QED) is 0.820. The Morgan fingerprint density at radius 3 is 2.29 bits per heavy atom. The van der Waals surface area contributed by atoms with E-state index in [1.807, 2.05) is 0 Å². The SMILES string of the molecule is O=C(COc1ccc(Cl)cc1)Nc1ccccc1C(=O)C(F)(F)F. The second-order valence-corrected chi connectivity index (χ2v) is 5.10. The predicted octanol–water partition coefficient (Wildman–Crippen LogP) is 4.10. The van der Waals surface area contributed by atoms with Gasteiger partial charge in [-0.15, -0.1) is 0 Å². The summed E-state index contributed by atoms with van der Waals surface area (Å²) in [6.07, 6.45) is -5.03. The molecule has 0 fully saturated rings. The molecule has 2 rings (SSSR count). The van der Waals surface area contributed by atoms with Crippen LogP contribution in [-0.2, 0) is 4.79 Å². The number of amides is 1. The van der Waals surface area contributed by atoms with Crippen LogP contribution in [0, 0.1) is 0 Å². The van der Waals surface area contributed by atoms with E-state index in [9.17, 15) is 22.8 Å². The molecule has 0 aromatic heterocycles. The van der Waals surface area contributed by atoms with Crippen LogP contribution in [0.3, 0.4) is 0 Å². The number of anilines is 1. The van der Waals surface area contributed by atoms with Crippen LogP contribution < -0.4 is 10.1 Å². The highest BCUT2D eigenvalue weighted by Gasteiger charge is 2.40. The monoisotopic (exact) mass is 357 g/mol. The van der Waals surface area contributed by atoms with Crippen LogP contribution in [0.2, 0.25) is 5.02 Å². The highest BCUT2D eigenvalue weighted by Crippen LogP contribution is 2.26. The number of hydrogen-bond acceptors (Lipinski definition) is 3. The van der Waals surface area contributed by atoms with Crippen LogP contribution in [-0.4, -0.2) is 24.5 Å². The zero-order valence-corrected chi connectivity index (χ0v) is 12.8. The summed E-state index contributed by atoms with van der Waals surface area (Å²) in [6, 6.07) is 11.1. The van der Waals surface area contributed by atoms with Crippen molar-refractivity contribution in [3.8, 4) is 5.75 Å². The summed E-state index contributed by atoms with van der Waals surface area (Å²) < 4.78 is 42.9. The van der Waals surface area contributed by atoms with Gasteiger partial charge in [0.15, 0.2) is 6.61 Å². The van der Waals surface area contributed by atoms with E-state index in [-0.39, 0.29) is 5.69 Å². The Labute approximate surface area is 140 Å². The number of rotatable bonds is 5. The number of carbonyl (C=O) groups excluding carboxylic acids is 2. The first-order chi connectivity index (χ1) is 11.3. The first-order valence-corrected chi connectivity index (χ1v) is 7.04. The molecule has 2 aromatic rings. The number of benzene rings is 2. The Kier molecular flexibility index (Phi) is 5.46. The molecule has 0 bridgehead atoms. The molecule has 1 amide bonds. The molecule has 0 heterocycles. The molecule has 0 aliphatic rings. The molecule has 0 saturated heterocycles. The summed E-state index contributed by atoms with van der Waals surface area (Å²) in [7, 11) is 0. The molecule has 2 aromatic carbocycles. The van der Waals surface area contributed by atoms with Gasteiger partial charge in [0, 0.05) is 5.02 Å². The second-order valence-electron chi connectivity index (χ2n) is 4.66. The van der Waals surface area contributed by atoms with Crippen molar-refractivity contribution in [2.75, 3.05) is 11.9 Å². The van der Waals surface area contributed by atoms with Crippen molar-refractivity contribution in [2.45, 2.75) is 6.18 Å². The van der Waals surface area contributed by atoms with E-state index in [4.69, 9.17) is 16.3 Å². The van der Waals surface area contributed by atoms with Crippen molar-refractivity contribution in [3.05, 3.63) is 59.1 Å². The Morgan fingerprint density at radius 2 is 1.67 bits per heavy atom. The van der Waals surface area contributed by atoms with E-state index < -0.39 is 30.0 Å². The molecule has 126 valence electrons. The molecular formula is C16H11ClF3NO3. The number of ketones is 1. The van der Waals surface area contributed by atoms with Gasteiger partial charge in [-0.25, -0.2) is 0 Å². The molecule has 0 spiro atoms. The minimum absolute atomic E-state index is 0.232. The second kappa shape index (κ2) is 7.35. The molecule has 0 atom stereocenters. The van der Waals surface area contributed by atoms with Crippen LogP contribution in [0.1, 0.15) is 10.4 Å². The fourth-order valence-electron chi connectivity index (χ4n) is 1.81. The van der Waals surface area contributed by atoms with E-state index in [2.05, 4.69) is 5.32 Å². The summed E-state index contributed by atoms with van der Waals surface area (Å²) in [5.41, 5.74) is -0.866. The van der Waals surface area contributed by atoms with Crippen LogP contribution in [0.5, 0.6) is 5.75 Å². The third-order valence-electron chi connectivity index (χ3n) is 2.89. The van der Waals surface area contributed by atoms with Gasteiger partial charge in [0.1, 0.15) is 5.75 Å². The van der Waals surface area contributed by atoms with Crippen molar-refractivity contribution in [3.63, 3.8) is 0 Å². The molecule has 24 heavy (non-hydrogen) atoms. The normalized spacial score (nSPS) is 11.0. The fraction of sp³-hybridized carbons (Fsp3) is 0.125. The molecule has 4 nitrogen and oxygen atoms in total. The summed E-state index contributed by atoms with van der Waals surface area (Å²) in [4.78, 5) is 23.2. The van der Waals surface area contributed by atoms with Gasteiger partial charge < -0.3 is 10.1 Å². The number of ether oxygens (including phenoxy) is 1. The molecule has 0 radical (unpaired) electrons. The van der Waals surface area contributed by atoms with Gasteiger partial charge in [-0.3, -0.25) is 9.59 Å². The molecule has 1 N–H and O–H groups in total. The van der Waals surface area contributed by atoms with Gasteiger partial charge in [0.25, 0.3) is 11.7 Å². The van der Waals surface area contributed by atoms with Crippen molar-refractivity contribution >= 4 is 29.0 Å². The predicted molar refractivity (Wildman–Crippen MR) is 82.4 cm³/mol. The maximum absolute atomic E-state index is 12.6. The van der Waals surface area contributed by atoms with E-state index in [0.717, 1.165) is 6.07 Å². The average molecular weight is 358 g/mol. The highest BCUT2D eigenvalue weighted by atomic mass is 35.5. The van der Waals surface area contributed by atoms with Crippen molar-refractivity contribution in [2.24, 2.45) is 0 Å². The average Bonchev–Trinajstić information content (AvgIpc) is 2.53. The molecule has 0 aliphatic carbocycles. The summed E-state index contributed by atoms with van der Waals surface area (Å²) in [5.74, 6) is -2.36. The van der Waals surface area contributed by atoms with Crippen LogP contribution >= 0.6 is 11.6 Å². The smallest absolute Gasteiger partial charge is 0.454 e. The van der Waals surface area contributed by atoms with E-state index >= 15 is 0 Å². The highest BCUT2D eigenvalue weighted by molar-refractivity contribution is 6.30. The number of halogens is 4. The van der Waals surface area contributed by atoms with Gasteiger partial charge in [-0.2, -0.15) is 13.2 Å². The minimum Gasteiger partial charge on any atom is -0.484 e. The standard InChI is InChI=1S/C16H11ClF3NO3/c17-10-5-7-11(8-6-10)24-9-14(22)21-13-4-2-1-3-12(13)15(23)16(18,19)20/h1-8H,9H2,(H,21,22). The lowest BCUT2D eigenvalue weighted by atomic mass is 10.1. The minimum atomic E-state index is -5.03. The fourth-order valence-corrected chi connectivity index (χ4v) is 1.93. The Hall–Kier alpha value is -2.54. The molecule has 0 aliphatic heterocycles. The number of para-hydroxylation sites is 1. The largest absolute Gasteiger partial charge is 0.484 e. The van der Waals surface area contributed by atoms with Gasteiger partial charge in [-0.1, -0.05) is 23.7 Å². The Balaban J connectivity index is 2.04. The molecule has 8 heteroatoms. The third kappa shape index (κ3) is 4.73. The molecule has 0 saturated carbocycles. The van der Waals surface area contributed by atoms with Gasteiger partial charge in [-0.05, 0) is 36.4 Å². The van der Waals surface area contributed by atoms with Crippen LogP contribution in [0.15, 0.2) is 48.5 Å². The van der Waals surface area contributed by atoms with E-state index in [0.29, 0.717) is 10.8 Å². The van der Waals surface area contributed by atoms with Crippen molar-refractivity contribution in [1.82, 2.24) is 0 Å². The van der Waals surface area contributed by atoms with Crippen molar-refractivity contribution in [1.29, 1.82) is 0 Å². The molecule has 0 unspecified atom stereocenters. The maximum Gasteiger partial charge on any atom is 0.454 e. The number of Topliss-reactive ketones (excluding diaryl/α,β-unsaturated/α-hetero) is 1. The third-order valence-corrected chi connectivity index (χ3v) is 3.14. The number of alkyl halides is 3. The van der Waals surface area contributed by atoms with Crippen molar-refractivity contribution < 1.29 is 27.5 Å². The summed E-state index contributed by atoms with van der Waals surface area (Å²) in [5, 5.41) is 2.73. The first-order valence-electron chi connectivity index (χ1n) is 6.66. The van der Waals surface area contributed by atoms with Crippen LogP contribution in [0.4, 0.5) is 18.9 Å². The zero-order chi connectivity index (χ0) is 17.7.